The predicted octanol–water partition coefficient (Wildman–Crippen LogP) is -0.844. The number of hydrogen-bond acceptors (Lipinski definition) is 3. The lowest BCUT2D eigenvalue weighted by Gasteiger charge is -2.31. The van der Waals surface area contributed by atoms with Crippen LogP contribution in [0.2, 0.25) is 0 Å². The van der Waals surface area contributed by atoms with Crippen LogP contribution in [0.1, 0.15) is 12.8 Å². The van der Waals surface area contributed by atoms with E-state index in [4.69, 9.17) is 5.73 Å². The summed E-state index contributed by atoms with van der Waals surface area (Å²) in [6.07, 6.45) is 2.09. The number of likely N-dealkylation sites (tertiary alicyclic amines) is 1. The maximum atomic E-state index is 11.1. The van der Waals surface area contributed by atoms with Crippen molar-refractivity contribution in [2.24, 2.45) is 5.73 Å². The largest absolute Gasteiger partial charge is 0.341 e. The molecule has 1 amide bonds. The van der Waals surface area contributed by atoms with Crippen LogP contribution in [0.5, 0.6) is 0 Å². The number of hydrogen-bond donors (Lipinski definition) is 2. The molecule has 0 radical (unpaired) electrons. The molecule has 4 nitrogen and oxygen atoms in total. The minimum Gasteiger partial charge on any atom is -0.341 e. The Morgan fingerprint density at radius 1 is 1.58 bits per heavy atom. The summed E-state index contributed by atoms with van der Waals surface area (Å²) in [7, 11) is 1.96. The van der Waals surface area contributed by atoms with Crippen LogP contribution in [0.3, 0.4) is 0 Å². The third-order valence-corrected chi connectivity index (χ3v) is 2.43. The van der Waals surface area contributed by atoms with Crippen molar-refractivity contribution in [2.45, 2.75) is 18.9 Å². The first-order valence-electron chi connectivity index (χ1n) is 4.43. The monoisotopic (exact) mass is 171 g/mol. The van der Waals surface area contributed by atoms with Crippen LogP contribution < -0.4 is 11.1 Å². The molecular formula is C8H17N3O. The minimum absolute atomic E-state index is 0.0737. The Bertz CT molecular complexity index is 152. The summed E-state index contributed by atoms with van der Waals surface area (Å²) in [5.74, 6) is 0.0737. The summed E-state index contributed by atoms with van der Waals surface area (Å²) in [6.45, 7) is 1.84. The number of piperidine rings is 1. The Balaban J connectivity index is 2.30. The van der Waals surface area contributed by atoms with Crippen LogP contribution in [-0.4, -0.2) is 43.5 Å². The van der Waals surface area contributed by atoms with Crippen LogP contribution >= 0.6 is 0 Å². The summed E-state index contributed by atoms with van der Waals surface area (Å²) in [6, 6.07) is 0.576. The molecule has 70 valence electrons. The van der Waals surface area contributed by atoms with Crippen molar-refractivity contribution >= 4 is 5.91 Å². The van der Waals surface area contributed by atoms with Crippen LogP contribution in [0, 0.1) is 0 Å². The molecule has 0 bridgehead atoms. The van der Waals surface area contributed by atoms with E-state index in [9.17, 15) is 4.79 Å². The van der Waals surface area contributed by atoms with Crippen LogP contribution in [0.4, 0.5) is 0 Å². The molecule has 1 rings (SSSR count). The Morgan fingerprint density at radius 3 is 2.58 bits per heavy atom. The molecule has 1 aliphatic rings. The molecule has 1 saturated heterocycles. The van der Waals surface area contributed by atoms with E-state index in [1.807, 2.05) is 11.9 Å². The average molecular weight is 171 g/mol. The van der Waals surface area contributed by atoms with Crippen LogP contribution in [-0.2, 0) is 4.79 Å². The van der Waals surface area contributed by atoms with Crippen molar-refractivity contribution in [3.63, 3.8) is 0 Å². The van der Waals surface area contributed by atoms with Crippen LogP contribution in [0.15, 0.2) is 0 Å². The molecule has 12 heavy (non-hydrogen) atoms. The van der Waals surface area contributed by atoms with E-state index >= 15 is 0 Å². The van der Waals surface area contributed by atoms with E-state index in [1.54, 1.807) is 0 Å². The molecule has 0 atom stereocenters. The normalized spacial score (nSPS) is 19.7. The average Bonchev–Trinajstić information content (AvgIpc) is 2.17. The second-order valence-corrected chi connectivity index (χ2v) is 3.15. The quantitative estimate of drug-likeness (QED) is 0.569. The molecule has 0 aromatic heterocycles. The first-order chi connectivity index (χ1) is 5.77. The first kappa shape index (κ1) is 9.48. The fourth-order valence-electron chi connectivity index (χ4n) is 1.55. The molecule has 1 heterocycles. The van der Waals surface area contributed by atoms with Gasteiger partial charge in [-0.3, -0.25) is 4.79 Å². The molecule has 1 fully saturated rings. The smallest absolute Gasteiger partial charge is 0.236 e. The number of rotatable bonds is 2. The SMILES string of the molecule is CNC1CCN(C(=O)CN)CC1. The Hall–Kier alpha value is -0.610. The van der Waals surface area contributed by atoms with Gasteiger partial charge in [0.15, 0.2) is 0 Å². The zero-order chi connectivity index (χ0) is 8.97. The third kappa shape index (κ3) is 2.19. The molecule has 0 aliphatic carbocycles. The van der Waals surface area contributed by atoms with E-state index in [0.717, 1.165) is 25.9 Å². The molecular weight excluding hydrogens is 154 g/mol. The summed E-state index contributed by atoms with van der Waals surface area (Å²) in [5, 5.41) is 3.21. The molecule has 3 N–H and O–H groups in total. The van der Waals surface area contributed by atoms with Crippen molar-refractivity contribution < 1.29 is 4.79 Å². The third-order valence-electron chi connectivity index (χ3n) is 2.43. The molecule has 0 saturated carbocycles. The zero-order valence-electron chi connectivity index (χ0n) is 7.55. The summed E-state index contributed by atoms with van der Waals surface area (Å²) < 4.78 is 0. The second-order valence-electron chi connectivity index (χ2n) is 3.15. The van der Waals surface area contributed by atoms with E-state index in [0.29, 0.717) is 6.04 Å². The fourth-order valence-corrected chi connectivity index (χ4v) is 1.55. The van der Waals surface area contributed by atoms with Gasteiger partial charge in [-0.2, -0.15) is 0 Å². The number of amides is 1. The fraction of sp³-hybridized carbons (Fsp3) is 0.875. The van der Waals surface area contributed by atoms with Gasteiger partial charge in [0.1, 0.15) is 0 Å². The number of nitrogens with zero attached hydrogens (tertiary/aromatic N) is 1. The van der Waals surface area contributed by atoms with Crippen molar-refractivity contribution in [3.05, 3.63) is 0 Å². The number of nitrogens with one attached hydrogen (secondary N) is 1. The molecule has 0 aromatic rings. The van der Waals surface area contributed by atoms with Gasteiger partial charge in [0, 0.05) is 19.1 Å². The van der Waals surface area contributed by atoms with E-state index in [-0.39, 0.29) is 12.5 Å². The zero-order valence-corrected chi connectivity index (χ0v) is 7.55. The van der Waals surface area contributed by atoms with Gasteiger partial charge < -0.3 is 16.0 Å². The van der Waals surface area contributed by atoms with Gasteiger partial charge in [0.05, 0.1) is 6.54 Å². The highest BCUT2D eigenvalue weighted by Crippen LogP contribution is 2.09. The standard InChI is InChI=1S/C8H17N3O/c1-10-7-2-4-11(5-3-7)8(12)6-9/h7,10H,2-6,9H2,1H3. The molecule has 4 heteroatoms. The second kappa shape index (κ2) is 4.42. The van der Waals surface area contributed by atoms with Gasteiger partial charge in [-0.25, -0.2) is 0 Å². The molecule has 0 unspecified atom stereocenters. The van der Waals surface area contributed by atoms with Crippen molar-refractivity contribution in [1.29, 1.82) is 0 Å². The van der Waals surface area contributed by atoms with Crippen molar-refractivity contribution in [3.8, 4) is 0 Å². The molecule has 0 aromatic carbocycles. The van der Waals surface area contributed by atoms with Gasteiger partial charge in [-0.05, 0) is 19.9 Å². The lowest BCUT2D eigenvalue weighted by atomic mass is 10.1. The van der Waals surface area contributed by atoms with Gasteiger partial charge in [0.2, 0.25) is 5.91 Å². The summed E-state index contributed by atoms with van der Waals surface area (Å²) in [5.41, 5.74) is 5.26. The van der Waals surface area contributed by atoms with Crippen molar-refractivity contribution in [2.75, 3.05) is 26.7 Å². The van der Waals surface area contributed by atoms with Gasteiger partial charge in [-0.1, -0.05) is 0 Å². The molecule has 0 spiro atoms. The minimum atomic E-state index is 0.0737. The number of carbonyl (C=O) groups is 1. The maximum Gasteiger partial charge on any atom is 0.236 e. The van der Waals surface area contributed by atoms with Crippen molar-refractivity contribution in [1.82, 2.24) is 10.2 Å². The van der Waals surface area contributed by atoms with Crippen LogP contribution in [0.25, 0.3) is 0 Å². The first-order valence-corrected chi connectivity index (χ1v) is 4.43. The topological polar surface area (TPSA) is 58.4 Å². The predicted molar refractivity (Wildman–Crippen MR) is 47.7 cm³/mol. The Labute approximate surface area is 73.1 Å². The van der Waals surface area contributed by atoms with Gasteiger partial charge in [-0.15, -0.1) is 0 Å². The lowest BCUT2D eigenvalue weighted by molar-refractivity contribution is -0.130. The van der Waals surface area contributed by atoms with Gasteiger partial charge >= 0.3 is 0 Å². The molecule has 1 aliphatic heterocycles. The Morgan fingerprint density at radius 2 is 2.17 bits per heavy atom. The maximum absolute atomic E-state index is 11.1. The highest BCUT2D eigenvalue weighted by molar-refractivity contribution is 5.78. The summed E-state index contributed by atoms with van der Waals surface area (Å²) in [4.78, 5) is 13.0. The number of carbonyl (C=O) groups excluding carboxylic acids is 1. The highest BCUT2D eigenvalue weighted by atomic mass is 16.2. The summed E-state index contributed by atoms with van der Waals surface area (Å²) >= 11 is 0. The highest BCUT2D eigenvalue weighted by Gasteiger charge is 2.20. The van der Waals surface area contributed by atoms with E-state index < -0.39 is 0 Å². The number of nitrogens with two attached hydrogens (primary N) is 1. The van der Waals surface area contributed by atoms with Gasteiger partial charge in [0.25, 0.3) is 0 Å². The lowest BCUT2D eigenvalue weighted by Crippen LogP contribution is -2.45. The van der Waals surface area contributed by atoms with E-state index in [1.165, 1.54) is 0 Å². The Kier molecular flexibility index (Phi) is 3.49. The van der Waals surface area contributed by atoms with E-state index in [2.05, 4.69) is 5.32 Å².